The minimum Gasteiger partial charge on any atom is -0.282 e. The molecule has 0 atom stereocenters. The van der Waals surface area contributed by atoms with Gasteiger partial charge in [0.1, 0.15) is 0 Å². The molecule has 0 unspecified atom stereocenters. The van der Waals surface area contributed by atoms with E-state index in [2.05, 4.69) is 34.6 Å². The predicted octanol–water partition coefficient (Wildman–Crippen LogP) is 5.33. The van der Waals surface area contributed by atoms with Gasteiger partial charge in [-0.1, -0.05) is 58.2 Å². The predicted molar refractivity (Wildman–Crippen MR) is 92.4 cm³/mol. The van der Waals surface area contributed by atoms with E-state index in [9.17, 15) is 8.42 Å². The van der Waals surface area contributed by atoms with E-state index in [1.54, 1.807) is 12.1 Å². The second kappa shape index (κ2) is 7.42. The second-order valence-electron chi connectivity index (χ2n) is 6.31. The van der Waals surface area contributed by atoms with Crippen molar-refractivity contribution in [2.75, 3.05) is 0 Å². The molecule has 1 N–H and O–H groups in total. The molecule has 0 bridgehead atoms. The van der Waals surface area contributed by atoms with Gasteiger partial charge in [-0.15, -0.1) is 0 Å². The molecule has 0 radical (unpaired) electrons. The van der Waals surface area contributed by atoms with Gasteiger partial charge < -0.3 is 0 Å². The Morgan fingerprint density at radius 2 is 1.59 bits per heavy atom. The van der Waals surface area contributed by atoms with E-state index in [0.29, 0.717) is 0 Å². The van der Waals surface area contributed by atoms with E-state index in [0.717, 1.165) is 31.2 Å². The number of rotatable bonds is 7. The molecule has 124 valence electrons. The van der Waals surface area contributed by atoms with Crippen LogP contribution in [0.4, 0.5) is 0 Å². The summed E-state index contributed by atoms with van der Waals surface area (Å²) in [5, 5.41) is 0. The van der Waals surface area contributed by atoms with Crippen LogP contribution in [0.5, 0.6) is 0 Å². The molecule has 4 heteroatoms. The van der Waals surface area contributed by atoms with Crippen molar-refractivity contribution in [3.63, 3.8) is 0 Å². The largest absolute Gasteiger partial charge is 0.294 e. The van der Waals surface area contributed by atoms with Gasteiger partial charge in [0, 0.05) is 0 Å². The first-order chi connectivity index (χ1) is 10.2. The van der Waals surface area contributed by atoms with Crippen LogP contribution in [0.25, 0.3) is 5.57 Å². The maximum Gasteiger partial charge on any atom is 0.294 e. The number of hydrogen-bond donors (Lipinski definition) is 1. The second-order valence-corrected chi connectivity index (χ2v) is 7.73. The van der Waals surface area contributed by atoms with E-state index >= 15 is 0 Å². The van der Waals surface area contributed by atoms with Crippen molar-refractivity contribution >= 4 is 15.7 Å². The van der Waals surface area contributed by atoms with Crippen LogP contribution in [0.2, 0.25) is 0 Å². The van der Waals surface area contributed by atoms with Gasteiger partial charge in [-0.05, 0) is 48.4 Å². The Morgan fingerprint density at radius 1 is 1.09 bits per heavy atom. The van der Waals surface area contributed by atoms with E-state index in [4.69, 9.17) is 4.55 Å². The van der Waals surface area contributed by atoms with Crippen molar-refractivity contribution in [1.29, 1.82) is 0 Å². The number of hydrogen-bond acceptors (Lipinski definition) is 2. The van der Waals surface area contributed by atoms with Crippen LogP contribution < -0.4 is 0 Å². The first-order valence-corrected chi connectivity index (χ1v) is 9.37. The molecule has 0 saturated heterocycles. The van der Waals surface area contributed by atoms with Crippen LogP contribution in [0.1, 0.15) is 65.9 Å². The molecule has 0 heterocycles. The Morgan fingerprint density at radius 3 is 1.95 bits per heavy atom. The highest BCUT2D eigenvalue weighted by atomic mass is 32.2. The summed E-state index contributed by atoms with van der Waals surface area (Å²) >= 11 is 0. The van der Waals surface area contributed by atoms with Gasteiger partial charge in [0.15, 0.2) is 0 Å². The fourth-order valence-corrected chi connectivity index (χ4v) is 2.95. The van der Waals surface area contributed by atoms with Crippen LogP contribution in [0, 0.1) is 5.41 Å². The highest BCUT2D eigenvalue weighted by Crippen LogP contribution is 2.38. The fraction of sp³-hybridized carbons (Fsp3) is 0.556. The molecular formula is C18H28O3S. The smallest absolute Gasteiger partial charge is 0.282 e. The molecule has 0 aliphatic rings. The van der Waals surface area contributed by atoms with Crippen LogP contribution >= 0.6 is 0 Å². The summed E-state index contributed by atoms with van der Waals surface area (Å²) in [6.07, 6.45) is 4.16. The summed E-state index contributed by atoms with van der Waals surface area (Å²) in [6, 6.07) is 6.54. The molecule has 22 heavy (non-hydrogen) atoms. The fourth-order valence-electron chi connectivity index (χ4n) is 2.47. The zero-order valence-electron chi connectivity index (χ0n) is 14.3. The van der Waals surface area contributed by atoms with E-state index in [-0.39, 0.29) is 10.3 Å². The third-order valence-electron chi connectivity index (χ3n) is 4.86. The lowest BCUT2D eigenvalue weighted by molar-refractivity contribution is 0.306. The SMILES string of the molecule is CC/C(C)=C(\CC(C)(CC)CC)c1ccc(S(=O)(=O)O)cc1. The Labute approximate surface area is 135 Å². The van der Waals surface area contributed by atoms with Crippen LogP contribution in [-0.2, 0) is 10.1 Å². The molecule has 1 rings (SSSR count). The zero-order valence-corrected chi connectivity index (χ0v) is 15.1. The van der Waals surface area contributed by atoms with E-state index in [1.807, 2.05) is 0 Å². The molecule has 0 aliphatic heterocycles. The van der Waals surface area contributed by atoms with Crippen molar-refractivity contribution in [3.05, 3.63) is 35.4 Å². The monoisotopic (exact) mass is 324 g/mol. The molecule has 1 aromatic rings. The topological polar surface area (TPSA) is 54.4 Å². The molecule has 0 aliphatic carbocycles. The maximum absolute atomic E-state index is 11.2. The maximum atomic E-state index is 11.2. The summed E-state index contributed by atoms with van der Waals surface area (Å²) in [4.78, 5) is -0.0569. The summed E-state index contributed by atoms with van der Waals surface area (Å²) in [5.41, 5.74) is 3.90. The average Bonchev–Trinajstić information content (AvgIpc) is 2.51. The molecule has 3 nitrogen and oxygen atoms in total. The minimum absolute atomic E-state index is 0.0569. The van der Waals surface area contributed by atoms with Gasteiger partial charge in [-0.2, -0.15) is 8.42 Å². The van der Waals surface area contributed by atoms with Gasteiger partial charge in [0.05, 0.1) is 4.90 Å². The lowest BCUT2D eigenvalue weighted by atomic mass is 9.76. The number of benzene rings is 1. The third kappa shape index (κ3) is 4.68. The van der Waals surface area contributed by atoms with Gasteiger partial charge in [0.25, 0.3) is 10.1 Å². The lowest BCUT2D eigenvalue weighted by Gasteiger charge is -2.29. The number of allylic oxidation sites excluding steroid dienone is 2. The quantitative estimate of drug-likeness (QED) is 0.689. The third-order valence-corrected chi connectivity index (χ3v) is 5.72. The van der Waals surface area contributed by atoms with Crippen molar-refractivity contribution in [1.82, 2.24) is 0 Å². The highest BCUT2D eigenvalue weighted by molar-refractivity contribution is 7.85. The summed E-state index contributed by atoms with van der Waals surface area (Å²) in [6.45, 7) is 11.0. The van der Waals surface area contributed by atoms with Gasteiger partial charge >= 0.3 is 0 Å². The first kappa shape index (κ1) is 18.9. The van der Waals surface area contributed by atoms with Crippen molar-refractivity contribution < 1.29 is 13.0 Å². The van der Waals surface area contributed by atoms with Gasteiger partial charge in [0.2, 0.25) is 0 Å². The zero-order chi connectivity index (χ0) is 17.0. The van der Waals surface area contributed by atoms with Gasteiger partial charge in [-0.25, -0.2) is 0 Å². The molecule has 0 saturated carbocycles. The summed E-state index contributed by atoms with van der Waals surface area (Å²) in [7, 11) is -4.13. The Balaban J connectivity index is 3.26. The van der Waals surface area contributed by atoms with Crippen molar-refractivity contribution in [2.24, 2.45) is 5.41 Å². The van der Waals surface area contributed by atoms with Gasteiger partial charge in [-0.3, -0.25) is 4.55 Å². The Hall–Kier alpha value is -1.13. The Bertz CT molecular complexity index is 621. The normalized spacial score (nSPS) is 13.9. The van der Waals surface area contributed by atoms with Crippen LogP contribution in [0.3, 0.4) is 0 Å². The molecule has 0 amide bonds. The van der Waals surface area contributed by atoms with E-state index in [1.165, 1.54) is 23.3 Å². The summed E-state index contributed by atoms with van der Waals surface area (Å²) in [5.74, 6) is 0. The molecule has 0 spiro atoms. The average molecular weight is 324 g/mol. The Kier molecular flexibility index (Phi) is 6.38. The molecule has 0 aromatic heterocycles. The van der Waals surface area contributed by atoms with E-state index < -0.39 is 10.1 Å². The lowest BCUT2D eigenvalue weighted by Crippen LogP contribution is -2.15. The standard InChI is InChI=1S/C18H28O3S/c1-6-14(4)17(13-18(5,7-2)8-3)15-9-11-16(12-10-15)22(19,20)21/h9-12H,6-8,13H2,1-5H3,(H,19,20,21)/b17-14+. The molecular weight excluding hydrogens is 296 g/mol. The van der Waals surface area contributed by atoms with Crippen LogP contribution in [0.15, 0.2) is 34.7 Å². The first-order valence-electron chi connectivity index (χ1n) is 7.93. The molecule has 1 aromatic carbocycles. The van der Waals surface area contributed by atoms with Crippen LogP contribution in [-0.4, -0.2) is 13.0 Å². The summed E-state index contributed by atoms with van der Waals surface area (Å²) < 4.78 is 31.4. The van der Waals surface area contributed by atoms with Crippen molar-refractivity contribution in [2.45, 2.75) is 65.2 Å². The molecule has 0 fully saturated rings. The van der Waals surface area contributed by atoms with Crippen molar-refractivity contribution in [3.8, 4) is 0 Å². The minimum atomic E-state index is -4.13. The highest BCUT2D eigenvalue weighted by Gasteiger charge is 2.23.